The molecule has 3 aromatic rings. The molecule has 3 atom stereocenters. The Labute approximate surface area is 200 Å². The Hall–Kier alpha value is -3.25. The van der Waals surface area contributed by atoms with Crippen LogP contribution in [-0.2, 0) is 21.0 Å². The molecule has 0 aromatic heterocycles. The van der Waals surface area contributed by atoms with Gasteiger partial charge in [0, 0.05) is 17.4 Å². The first-order valence-electron chi connectivity index (χ1n) is 11.4. The van der Waals surface area contributed by atoms with Crippen LogP contribution < -0.4 is 9.47 Å². The second kappa shape index (κ2) is 8.51. The maximum absolute atomic E-state index is 14.2. The van der Waals surface area contributed by atoms with Gasteiger partial charge in [0.1, 0.15) is 11.9 Å². The van der Waals surface area contributed by atoms with Crippen molar-refractivity contribution in [3.8, 4) is 11.5 Å². The van der Waals surface area contributed by atoms with Crippen molar-refractivity contribution in [2.45, 2.75) is 37.2 Å². The average Bonchev–Trinajstić information content (AvgIpc) is 3.22. The molecule has 6 heteroatoms. The summed E-state index contributed by atoms with van der Waals surface area (Å²) >= 11 is 0. The number of aryl methyl sites for hydroxylation is 1. The zero-order valence-electron chi connectivity index (χ0n) is 19.7. The van der Waals surface area contributed by atoms with Gasteiger partial charge in [0.15, 0.2) is 11.5 Å². The van der Waals surface area contributed by atoms with Gasteiger partial charge in [-0.3, -0.25) is 0 Å². The Morgan fingerprint density at radius 2 is 1.56 bits per heavy atom. The fourth-order valence-electron chi connectivity index (χ4n) is 5.18. The van der Waals surface area contributed by atoms with E-state index in [1.54, 1.807) is 26.4 Å². The van der Waals surface area contributed by atoms with Gasteiger partial charge in [0.25, 0.3) is 0 Å². The van der Waals surface area contributed by atoms with Crippen LogP contribution >= 0.6 is 0 Å². The molecular weight excluding hydrogens is 448 g/mol. The first kappa shape index (κ1) is 22.5. The lowest BCUT2D eigenvalue weighted by Crippen LogP contribution is -2.33. The van der Waals surface area contributed by atoms with Crippen molar-refractivity contribution in [1.29, 1.82) is 0 Å². The fraction of sp³-hybridized carbons (Fsp3) is 0.286. The molecule has 0 amide bonds. The summed E-state index contributed by atoms with van der Waals surface area (Å²) in [4.78, 5) is 0.587. The molecule has 176 valence electrons. The van der Waals surface area contributed by atoms with Gasteiger partial charge in [-0.1, -0.05) is 48.0 Å². The summed E-state index contributed by atoms with van der Waals surface area (Å²) < 4.78 is 46.0. The highest BCUT2D eigenvalue weighted by Crippen LogP contribution is 2.55. The number of ether oxygens (including phenoxy) is 3. The number of sulfone groups is 1. The lowest BCUT2D eigenvalue weighted by atomic mass is 9.85. The third-order valence-electron chi connectivity index (χ3n) is 6.93. The second-order valence-corrected chi connectivity index (χ2v) is 10.9. The molecule has 5 rings (SSSR count). The minimum absolute atomic E-state index is 0.0190. The van der Waals surface area contributed by atoms with E-state index in [0.717, 1.165) is 22.3 Å². The number of benzene rings is 3. The quantitative estimate of drug-likeness (QED) is 0.485. The lowest BCUT2D eigenvalue weighted by molar-refractivity contribution is 0.101. The van der Waals surface area contributed by atoms with Crippen molar-refractivity contribution in [2.24, 2.45) is 5.92 Å². The van der Waals surface area contributed by atoms with Gasteiger partial charge < -0.3 is 14.2 Å². The molecule has 5 nitrogen and oxygen atoms in total. The van der Waals surface area contributed by atoms with Crippen molar-refractivity contribution in [3.05, 3.63) is 93.9 Å². The monoisotopic (exact) mass is 476 g/mol. The van der Waals surface area contributed by atoms with Crippen LogP contribution in [0.15, 0.2) is 76.5 Å². The summed E-state index contributed by atoms with van der Waals surface area (Å²) in [5.41, 5.74) is 3.78. The number of fused-ring (bicyclic) bond motifs is 3. The third kappa shape index (κ3) is 3.57. The average molecular weight is 477 g/mol. The molecule has 0 fully saturated rings. The van der Waals surface area contributed by atoms with E-state index in [1.165, 1.54) is 0 Å². The minimum atomic E-state index is -3.85. The Kier molecular flexibility index (Phi) is 5.64. The van der Waals surface area contributed by atoms with Crippen molar-refractivity contribution in [2.75, 3.05) is 14.2 Å². The largest absolute Gasteiger partial charge is 0.493 e. The fourth-order valence-corrected chi connectivity index (χ4v) is 6.98. The van der Waals surface area contributed by atoms with E-state index < -0.39 is 9.84 Å². The van der Waals surface area contributed by atoms with Crippen molar-refractivity contribution < 1.29 is 22.6 Å². The highest BCUT2D eigenvalue weighted by atomic mass is 32.2. The summed E-state index contributed by atoms with van der Waals surface area (Å²) in [5.74, 6) is 1.30. The maximum Gasteiger partial charge on any atom is 0.207 e. The summed E-state index contributed by atoms with van der Waals surface area (Å²) in [6.07, 6.45) is 0.540. The van der Waals surface area contributed by atoms with Crippen LogP contribution in [0, 0.1) is 12.8 Å². The molecule has 3 aromatic carbocycles. The molecule has 0 N–H and O–H groups in total. The number of hydrogen-bond donors (Lipinski definition) is 0. The van der Waals surface area contributed by atoms with E-state index in [4.69, 9.17) is 14.2 Å². The summed E-state index contributed by atoms with van der Waals surface area (Å²) in [6, 6.07) is 20.4. The minimum Gasteiger partial charge on any atom is -0.493 e. The smallest absolute Gasteiger partial charge is 0.207 e. The first-order valence-corrected chi connectivity index (χ1v) is 12.9. The molecule has 0 saturated heterocycles. The highest BCUT2D eigenvalue weighted by molar-refractivity contribution is 7.95. The molecule has 0 spiro atoms. The van der Waals surface area contributed by atoms with Crippen LogP contribution in [0.2, 0.25) is 0 Å². The highest BCUT2D eigenvalue weighted by Gasteiger charge is 2.49. The van der Waals surface area contributed by atoms with Gasteiger partial charge >= 0.3 is 0 Å². The molecular formula is C28H28O5S. The molecule has 0 bridgehead atoms. The zero-order chi connectivity index (χ0) is 24.0. The van der Waals surface area contributed by atoms with Gasteiger partial charge in [0.05, 0.1) is 24.0 Å². The predicted octanol–water partition coefficient (Wildman–Crippen LogP) is 5.53. The van der Waals surface area contributed by atoms with E-state index in [9.17, 15) is 8.42 Å². The van der Waals surface area contributed by atoms with Gasteiger partial charge in [-0.15, -0.1) is 0 Å². The van der Waals surface area contributed by atoms with E-state index in [0.29, 0.717) is 28.6 Å². The Balaban J connectivity index is 1.79. The molecule has 0 saturated carbocycles. The van der Waals surface area contributed by atoms with Gasteiger partial charge in [-0.2, -0.15) is 0 Å². The molecule has 0 unspecified atom stereocenters. The van der Waals surface area contributed by atoms with Crippen LogP contribution in [0.3, 0.4) is 0 Å². The van der Waals surface area contributed by atoms with Crippen LogP contribution in [0.4, 0.5) is 0 Å². The van der Waals surface area contributed by atoms with Gasteiger partial charge in [-0.25, -0.2) is 8.42 Å². The first-order chi connectivity index (χ1) is 16.3. The van der Waals surface area contributed by atoms with Gasteiger partial charge in [-0.05, 0) is 55.7 Å². The molecule has 34 heavy (non-hydrogen) atoms. The lowest BCUT2D eigenvalue weighted by Gasteiger charge is -2.36. The Bertz CT molecular complexity index is 1360. The molecule has 1 aliphatic heterocycles. The van der Waals surface area contributed by atoms with E-state index in [2.05, 4.69) is 0 Å². The predicted molar refractivity (Wildman–Crippen MR) is 132 cm³/mol. The number of hydrogen-bond acceptors (Lipinski definition) is 5. The summed E-state index contributed by atoms with van der Waals surface area (Å²) in [6.45, 7) is 3.97. The molecule has 1 heterocycles. The van der Waals surface area contributed by atoms with E-state index in [-0.39, 0.29) is 22.8 Å². The van der Waals surface area contributed by atoms with Crippen molar-refractivity contribution >= 4 is 15.6 Å². The third-order valence-corrected chi connectivity index (χ3v) is 8.85. The second-order valence-electron chi connectivity index (χ2n) is 8.95. The standard InChI is InChI=1S/C28H28O5S/c1-17-10-12-21(13-11-17)34(29,30)28-26-22(18(2)33-27(28)19-8-6-5-7-9-19)14-20-15-24(31-3)25(32-4)16-23(20)26/h5-13,15-16,18,22,26H,14H2,1-4H3/t18-,22-,26+/m1/s1. The van der Waals surface area contributed by atoms with E-state index in [1.807, 2.05) is 68.4 Å². The number of rotatable bonds is 5. The Morgan fingerprint density at radius 1 is 0.912 bits per heavy atom. The summed E-state index contributed by atoms with van der Waals surface area (Å²) in [7, 11) is -0.644. The van der Waals surface area contributed by atoms with Crippen LogP contribution in [-0.4, -0.2) is 28.7 Å². The topological polar surface area (TPSA) is 61.8 Å². The van der Waals surface area contributed by atoms with Crippen LogP contribution in [0.25, 0.3) is 5.76 Å². The number of methoxy groups -OCH3 is 2. The summed E-state index contributed by atoms with van der Waals surface area (Å²) in [5, 5.41) is 0. The molecule has 0 radical (unpaired) electrons. The number of allylic oxidation sites excluding steroid dienone is 1. The molecule has 1 aliphatic carbocycles. The molecule has 2 aliphatic rings. The van der Waals surface area contributed by atoms with Crippen molar-refractivity contribution in [3.63, 3.8) is 0 Å². The van der Waals surface area contributed by atoms with Crippen LogP contribution in [0.5, 0.6) is 11.5 Å². The van der Waals surface area contributed by atoms with Crippen molar-refractivity contribution in [1.82, 2.24) is 0 Å². The maximum atomic E-state index is 14.2. The van der Waals surface area contributed by atoms with E-state index >= 15 is 0 Å². The zero-order valence-corrected chi connectivity index (χ0v) is 20.6. The van der Waals surface area contributed by atoms with Gasteiger partial charge in [0.2, 0.25) is 9.84 Å². The SMILES string of the molecule is COc1cc2c(cc1OC)[C@H]1C(S(=O)(=O)c3ccc(C)cc3)=C(c3ccccc3)O[C@H](C)[C@H]1C2. The Morgan fingerprint density at radius 3 is 2.21 bits per heavy atom. The normalized spacial score (nSPS) is 21.5. The van der Waals surface area contributed by atoms with Crippen LogP contribution in [0.1, 0.15) is 35.1 Å².